The van der Waals surface area contributed by atoms with Crippen molar-refractivity contribution in [3.8, 4) is 6.07 Å². The lowest BCUT2D eigenvalue weighted by atomic mass is 10.2. The zero-order chi connectivity index (χ0) is 16.4. The van der Waals surface area contributed by atoms with Gasteiger partial charge in [0.15, 0.2) is 0 Å². The van der Waals surface area contributed by atoms with Crippen LogP contribution in [0.1, 0.15) is 12.0 Å². The Bertz CT molecular complexity index is 803. The summed E-state index contributed by atoms with van der Waals surface area (Å²) in [5.41, 5.74) is 1.19. The van der Waals surface area contributed by atoms with Crippen LogP contribution >= 0.6 is 11.6 Å². The minimum absolute atomic E-state index is 0.129. The molecule has 0 saturated carbocycles. The number of halogens is 2. The number of hydrogen-bond acceptors (Lipinski definition) is 3. The molecular weight excluding hydrogens is 317 g/mol. The first-order valence-electron chi connectivity index (χ1n) is 7.11. The van der Waals surface area contributed by atoms with Crippen molar-refractivity contribution in [3.63, 3.8) is 0 Å². The summed E-state index contributed by atoms with van der Waals surface area (Å²) in [7, 11) is 0. The number of amides is 1. The van der Waals surface area contributed by atoms with Gasteiger partial charge in [-0.15, -0.1) is 0 Å². The van der Waals surface area contributed by atoms with E-state index in [4.69, 9.17) is 16.9 Å². The molecule has 3 rings (SSSR count). The van der Waals surface area contributed by atoms with Gasteiger partial charge < -0.3 is 10.2 Å². The molecule has 2 aromatic rings. The van der Waals surface area contributed by atoms with Crippen molar-refractivity contribution in [2.24, 2.45) is 0 Å². The Morgan fingerprint density at radius 3 is 2.83 bits per heavy atom. The van der Waals surface area contributed by atoms with Crippen LogP contribution in [0.15, 0.2) is 42.5 Å². The lowest BCUT2D eigenvalue weighted by Crippen LogP contribution is -2.33. The summed E-state index contributed by atoms with van der Waals surface area (Å²) in [5, 5.41) is 12.2. The van der Waals surface area contributed by atoms with E-state index in [1.54, 1.807) is 23.1 Å². The third kappa shape index (κ3) is 3.13. The first-order chi connectivity index (χ1) is 11.1. The molecule has 0 bridgehead atoms. The predicted octanol–water partition coefficient (Wildman–Crippen LogP) is 3.57. The number of nitriles is 1. The summed E-state index contributed by atoms with van der Waals surface area (Å²) >= 11 is 5.96. The van der Waals surface area contributed by atoms with Gasteiger partial charge in [-0.25, -0.2) is 4.39 Å². The first-order valence-corrected chi connectivity index (χ1v) is 7.49. The molecule has 1 amide bonds. The molecule has 0 spiro atoms. The fourth-order valence-electron chi connectivity index (χ4n) is 2.60. The van der Waals surface area contributed by atoms with Crippen LogP contribution < -0.4 is 10.2 Å². The maximum Gasteiger partial charge on any atom is 0.249 e. The number of nitrogens with zero attached hydrogens (tertiary/aromatic N) is 2. The van der Waals surface area contributed by atoms with Crippen LogP contribution in [0.3, 0.4) is 0 Å². The van der Waals surface area contributed by atoms with E-state index in [2.05, 4.69) is 5.32 Å². The van der Waals surface area contributed by atoms with Gasteiger partial charge in [-0.2, -0.15) is 5.26 Å². The van der Waals surface area contributed by atoms with Crippen LogP contribution in [0, 0.1) is 17.1 Å². The van der Waals surface area contributed by atoms with Crippen molar-refractivity contribution in [2.45, 2.75) is 12.5 Å². The summed E-state index contributed by atoms with van der Waals surface area (Å²) in [4.78, 5) is 14.1. The van der Waals surface area contributed by atoms with E-state index in [1.165, 1.54) is 12.1 Å². The molecule has 1 heterocycles. The topological polar surface area (TPSA) is 56.1 Å². The van der Waals surface area contributed by atoms with Crippen molar-refractivity contribution >= 4 is 28.9 Å². The molecule has 0 aromatic heterocycles. The summed E-state index contributed by atoms with van der Waals surface area (Å²) in [6.45, 7) is 0.536. The number of anilines is 2. The second-order valence-corrected chi connectivity index (χ2v) is 5.70. The molecular formula is C17H13ClFN3O. The van der Waals surface area contributed by atoms with Crippen LogP contribution in [-0.2, 0) is 4.79 Å². The Hall–Kier alpha value is -2.58. The van der Waals surface area contributed by atoms with E-state index in [-0.39, 0.29) is 17.2 Å². The molecule has 6 heteroatoms. The zero-order valence-corrected chi connectivity index (χ0v) is 12.8. The van der Waals surface area contributed by atoms with E-state index >= 15 is 0 Å². The average Bonchev–Trinajstić information content (AvgIpc) is 2.90. The molecule has 2 aromatic carbocycles. The molecule has 0 aliphatic carbocycles. The van der Waals surface area contributed by atoms with Crippen molar-refractivity contribution < 1.29 is 9.18 Å². The highest BCUT2D eigenvalue weighted by atomic mass is 35.5. The monoisotopic (exact) mass is 329 g/mol. The summed E-state index contributed by atoms with van der Waals surface area (Å²) in [6.07, 6.45) is 0.560. The van der Waals surface area contributed by atoms with Gasteiger partial charge >= 0.3 is 0 Å². The van der Waals surface area contributed by atoms with E-state index in [1.807, 2.05) is 12.1 Å². The lowest BCUT2D eigenvalue weighted by Gasteiger charge is -2.18. The second-order valence-electron chi connectivity index (χ2n) is 5.26. The van der Waals surface area contributed by atoms with E-state index in [0.717, 1.165) is 11.8 Å². The summed E-state index contributed by atoms with van der Waals surface area (Å²) in [6, 6.07) is 12.6. The fourth-order valence-corrected chi connectivity index (χ4v) is 2.79. The van der Waals surface area contributed by atoms with Crippen molar-refractivity contribution in [2.75, 3.05) is 16.8 Å². The molecule has 4 nitrogen and oxygen atoms in total. The van der Waals surface area contributed by atoms with E-state index in [0.29, 0.717) is 18.0 Å². The highest BCUT2D eigenvalue weighted by Gasteiger charge is 2.33. The maximum absolute atomic E-state index is 13.9. The summed E-state index contributed by atoms with van der Waals surface area (Å²) < 4.78 is 13.9. The molecule has 1 aliphatic rings. The Morgan fingerprint density at radius 1 is 1.30 bits per heavy atom. The van der Waals surface area contributed by atoms with Gasteiger partial charge in [0.1, 0.15) is 11.9 Å². The minimum Gasteiger partial charge on any atom is -0.371 e. The number of carbonyl (C=O) groups excluding carboxylic acids is 1. The van der Waals surface area contributed by atoms with E-state index in [9.17, 15) is 9.18 Å². The molecule has 1 N–H and O–H groups in total. The van der Waals surface area contributed by atoms with Gasteiger partial charge in [0.25, 0.3) is 0 Å². The van der Waals surface area contributed by atoms with Crippen LogP contribution in [-0.4, -0.2) is 18.5 Å². The Labute approximate surface area is 138 Å². The van der Waals surface area contributed by atoms with Crippen molar-refractivity contribution in [3.05, 3.63) is 58.9 Å². The van der Waals surface area contributed by atoms with Crippen LogP contribution in [0.4, 0.5) is 15.8 Å². The number of benzene rings is 2. The van der Waals surface area contributed by atoms with Gasteiger partial charge in [0, 0.05) is 17.3 Å². The Balaban J connectivity index is 1.76. The molecule has 1 aliphatic heterocycles. The number of hydrogen-bond donors (Lipinski definition) is 1. The van der Waals surface area contributed by atoms with Gasteiger partial charge in [-0.3, -0.25) is 4.79 Å². The predicted molar refractivity (Wildman–Crippen MR) is 86.9 cm³/mol. The standard InChI is InChI=1S/C17H13ClFN3O/c18-12-2-1-3-13(9-12)22-7-6-16(17(22)23)21-15-5-4-11(10-20)8-14(15)19/h1-5,8-9,16,21H,6-7H2. The molecule has 116 valence electrons. The average molecular weight is 330 g/mol. The van der Waals surface area contributed by atoms with Crippen LogP contribution in [0.25, 0.3) is 0 Å². The van der Waals surface area contributed by atoms with Gasteiger partial charge in [0.2, 0.25) is 5.91 Å². The molecule has 1 saturated heterocycles. The van der Waals surface area contributed by atoms with Gasteiger partial charge in [0.05, 0.1) is 17.3 Å². The Morgan fingerprint density at radius 2 is 2.13 bits per heavy atom. The number of carbonyl (C=O) groups is 1. The maximum atomic E-state index is 13.9. The molecule has 1 unspecified atom stereocenters. The van der Waals surface area contributed by atoms with E-state index < -0.39 is 11.9 Å². The van der Waals surface area contributed by atoms with Gasteiger partial charge in [-0.05, 0) is 42.8 Å². The second kappa shape index (κ2) is 6.27. The molecule has 1 fully saturated rings. The third-order valence-corrected chi connectivity index (χ3v) is 3.99. The van der Waals surface area contributed by atoms with Gasteiger partial charge in [-0.1, -0.05) is 17.7 Å². The minimum atomic E-state index is -0.543. The lowest BCUT2D eigenvalue weighted by molar-refractivity contribution is -0.117. The smallest absolute Gasteiger partial charge is 0.249 e. The SMILES string of the molecule is N#Cc1ccc(NC2CCN(c3cccc(Cl)c3)C2=O)c(F)c1. The largest absolute Gasteiger partial charge is 0.371 e. The molecule has 1 atom stereocenters. The Kier molecular flexibility index (Phi) is 4.18. The normalized spacial score (nSPS) is 17.2. The molecule has 0 radical (unpaired) electrons. The third-order valence-electron chi connectivity index (χ3n) is 3.75. The molecule has 23 heavy (non-hydrogen) atoms. The van der Waals surface area contributed by atoms with Crippen molar-refractivity contribution in [1.29, 1.82) is 5.26 Å². The summed E-state index contributed by atoms with van der Waals surface area (Å²) in [5.74, 6) is -0.672. The number of rotatable bonds is 3. The van der Waals surface area contributed by atoms with Crippen LogP contribution in [0.2, 0.25) is 5.02 Å². The number of nitrogens with one attached hydrogen (secondary N) is 1. The van der Waals surface area contributed by atoms with Crippen molar-refractivity contribution in [1.82, 2.24) is 0 Å². The van der Waals surface area contributed by atoms with Crippen LogP contribution in [0.5, 0.6) is 0 Å². The highest BCUT2D eigenvalue weighted by molar-refractivity contribution is 6.31. The first kappa shape index (κ1) is 15.3. The highest BCUT2D eigenvalue weighted by Crippen LogP contribution is 2.26. The fraction of sp³-hybridized carbons (Fsp3) is 0.176. The zero-order valence-electron chi connectivity index (χ0n) is 12.1. The quantitative estimate of drug-likeness (QED) is 0.936.